The number of amides is 4. The molecule has 2 saturated heterocycles. The van der Waals surface area contributed by atoms with E-state index in [0.717, 1.165) is 24.0 Å². The van der Waals surface area contributed by atoms with Gasteiger partial charge in [0.2, 0.25) is 17.7 Å². The first-order valence-electron chi connectivity index (χ1n) is 28.0. The maximum atomic E-state index is 14.5. The lowest BCUT2D eigenvalue weighted by Crippen LogP contribution is -2.64. The zero-order valence-corrected chi connectivity index (χ0v) is 47.1. The quantitative estimate of drug-likeness (QED) is 0.0542. The number of aromatic hydroxyl groups is 1. The summed E-state index contributed by atoms with van der Waals surface area (Å²) in [7, 11) is 0. The predicted molar refractivity (Wildman–Crippen MR) is 294 cm³/mol. The monoisotopic (exact) mass is 1070 g/mol. The predicted octanol–water partition coefficient (Wildman–Crippen LogP) is 6.36. The average Bonchev–Trinajstić information content (AvgIpc) is 3.38. The van der Waals surface area contributed by atoms with Gasteiger partial charge in [-0.25, -0.2) is 5.43 Å². The third-order valence-electron chi connectivity index (χ3n) is 16.2. The summed E-state index contributed by atoms with van der Waals surface area (Å²) < 4.78 is 13.0. The number of carbonyl (C=O) groups is 6. The van der Waals surface area contributed by atoms with E-state index in [1.807, 2.05) is 45.9 Å². The van der Waals surface area contributed by atoms with Gasteiger partial charge in [-0.15, -0.1) is 0 Å². The molecule has 77 heavy (non-hydrogen) atoms. The largest absolute Gasteiger partial charge is 0.508 e. The fourth-order valence-electron chi connectivity index (χ4n) is 10.9. The van der Waals surface area contributed by atoms with E-state index < -0.39 is 89.7 Å². The van der Waals surface area contributed by atoms with Gasteiger partial charge in [0, 0.05) is 55.9 Å². The Balaban J connectivity index is 1.35. The van der Waals surface area contributed by atoms with Crippen molar-refractivity contribution in [1.29, 1.82) is 0 Å². The first kappa shape index (κ1) is 62.4. The van der Waals surface area contributed by atoms with Crippen LogP contribution >= 0.6 is 0 Å². The van der Waals surface area contributed by atoms with E-state index in [-0.39, 0.29) is 79.4 Å². The van der Waals surface area contributed by atoms with Crippen LogP contribution in [-0.2, 0) is 44.7 Å². The van der Waals surface area contributed by atoms with Crippen molar-refractivity contribution in [3.63, 3.8) is 0 Å². The van der Waals surface area contributed by atoms with E-state index in [4.69, 9.17) is 9.47 Å². The van der Waals surface area contributed by atoms with Crippen LogP contribution in [0.25, 0.3) is 0 Å². The molecular formula is C60H89N5O12. The molecule has 4 amide bonds. The Bertz CT molecular complexity index is 2360. The molecule has 0 unspecified atom stereocenters. The molecule has 1 aromatic rings. The summed E-state index contributed by atoms with van der Waals surface area (Å²) in [5.74, 6) is -5.31. The Labute approximate surface area is 456 Å². The van der Waals surface area contributed by atoms with Crippen LogP contribution in [0.2, 0.25) is 0 Å². The van der Waals surface area contributed by atoms with Crippen molar-refractivity contribution in [2.45, 2.75) is 194 Å². The molecular weight excluding hydrogens is 983 g/mol. The molecule has 8 N–H and O–H groups in total. The number of fused-ring (bicyclic) bond motifs is 2. The smallest absolute Gasteiger partial charge is 0.325 e. The van der Waals surface area contributed by atoms with Gasteiger partial charge in [0.25, 0.3) is 5.91 Å². The molecule has 4 heterocycles. The standard InChI is InChI=1S/C60H89N5O12/c1-11-44-31-40(8)60(63-55(44)71)39(7)30-38(6)52(77-60)34-50(69)36(4)20-14-12-15-21-37(5)51-26-17-13-16-25-49(68)42(10)54(70)46(28-27-41(9)66)56(72)62-53(35(2)3)57(73)61-48(33-43-22-18-23-45(67)32-43)58(74)65-29-19-24-47(64-65)59(75)76-51/h12-13,15-18,21-23,25,30,32,35-36,38,40,42,44,46-54,64,67-70H,11,14,19-20,24,26-29,31,33-34H2,1-10H3,(H,61,73)(H,62,72)(H,63,71)/b15-12+,17-13+,25-16+,37-21+/t36-,38+,40-,42-,44-,46+,47-,48-,49+,50-,51+,52-,53-,54-,60-/m0/s1. The van der Waals surface area contributed by atoms with Crippen molar-refractivity contribution < 1.29 is 58.7 Å². The van der Waals surface area contributed by atoms with E-state index in [9.17, 15) is 49.2 Å². The fraction of sp³-hybridized carbons (Fsp3) is 0.633. The molecule has 15 atom stereocenters. The fourth-order valence-corrected chi connectivity index (χ4v) is 10.9. The number of hydrogen-bond acceptors (Lipinski definition) is 13. The van der Waals surface area contributed by atoms with E-state index in [2.05, 4.69) is 41.3 Å². The normalized spacial score (nSPS) is 33.2. The number of benzene rings is 1. The lowest BCUT2D eigenvalue weighted by Gasteiger charge is -2.51. The summed E-state index contributed by atoms with van der Waals surface area (Å²) in [5.41, 5.74) is 4.44. The van der Waals surface area contributed by atoms with Gasteiger partial charge in [-0.05, 0) is 106 Å². The van der Waals surface area contributed by atoms with Gasteiger partial charge < -0.3 is 50.6 Å². The van der Waals surface area contributed by atoms with Gasteiger partial charge in [0.15, 0.2) is 5.72 Å². The second kappa shape index (κ2) is 29.0. The number of aliphatic hydroxyl groups is 3. The second-order valence-corrected chi connectivity index (χ2v) is 22.7. The molecule has 1 spiro atoms. The van der Waals surface area contributed by atoms with Crippen molar-refractivity contribution in [3.05, 3.63) is 89.6 Å². The first-order chi connectivity index (χ1) is 36.5. The van der Waals surface area contributed by atoms with E-state index in [1.54, 1.807) is 51.1 Å². The highest BCUT2D eigenvalue weighted by Gasteiger charge is 2.51. The van der Waals surface area contributed by atoms with Gasteiger partial charge in [0.1, 0.15) is 35.8 Å². The maximum Gasteiger partial charge on any atom is 0.325 e. The topological polar surface area (TPSA) is 253 Å². The minimum absolute atomic E-state index is 0.00834. The number of carbonyl (C=O) groups excluding carboxylic acids is 6. The molecule has 2 fully saturated rings. The van der Waals surface area contributed by atoms with Gasteiger partial charge in [-0.1, -0.05) is 109 Å². The Kier molecular flexibility index (Phi) is 23.5. The Morgan fingerprint density at radius 1 is 1.00 bits per heavy atom. The molecule has 0 aromatic heterocycles. The molecule has 2 bridgehead atoms. The molecule has 17 heteroatoms. The van der Waals surface area contributed by atoms with Gasteiger partial charge in [-0.2, -0.15) is 0 Å². The highest BCUT2D eigenvalue weighted by atomic mass is 16.5. The summed E-state index contributed by atoms with van der Waals surface area (Å²) >= 11 is 0. The van der Waals surface area contributed by atoms with Crippen molar-refractivity contribution >= 4 is 35.4 Å². The van der Waals surface area contributed by atoms with Gasteiger partial charge >= 0.3 is 5.97 Å². The number of Topliss-reactive ketones (excluding diaryl/α,β-unsaturated/α-hetero) is 1. The number of phenols is 1. The van der Waals surface area contributed by atoms with Crippen LogP contribution in [0.5, 0.6) is 5.75 Å². The van der Waals surface area contributed by atoms with Crippen molar-refractivity contribution in [1.82, 2.24) is 26.4 Å². The number of piperidine rings is 1. The lowest BCUT2D eigenvalue weighted by molar-refractivity contribution is -0.179. The third-order valence-corrected chi connectivity index (χ3v) is 16.2. The summed E-state index contributed by atoms with van der Waals surface area (Å²) in [6, 6.07) is 2.95. The van der Waals surface area contributed by atoms with Crippen LogP contribution in [-0.4, -0.2) is 122 Å². The number of allylic oxidation sites excluding steroid dienone is 5. The number of phenolic OH excluding ortho intramolecular Hbond substituents is 1. The van der Waals surface area contributed by atoms with E-state index >= 15 is 0 Å². The highest BCUT2D eigenvalue weighted by molar-refractivity contribution is 5.93. The van der Waals surface area contributed by atoms with E-state index in [1.165, 1.54) is 30.1 Å². The SMILES string of the molecule is CC[C@H]1C[C@H](C)[C@@]2(NC1=O)O[C@@H](C[C@H](O)[C@@H](C)CC/C=C/C=C(\C)[C@H]1C/C=C/C=C/[C@@H](O)[C@H](C)[C@H](O)[C@@H](CCC(C)=O)C(=O)N[C@@H](C(C)C)C(=O)N[C@@H](Cc3cccc(O)c3)C(=O)N3CCC[C@H](N3)C(=O)O1)[C@H](C)C=C2C. The molecule has 17 nitrogen and oxygen atoms in total. The average molecular weight is 1070 g/mol. The number of nitrogens with zero attached hydrogens (tertiary/aromatic N) is 1. The van der Waals surface area contributed by atoms with Crippen LogP contribution in [0.4, 0.5) is 0 Å². The van der Waals surface area contributed by atoms with Crippen LogP contribution in [0, 0.1) is 41.4 Å². The van der Waals surface area contributed by atoms with Crippen LogP contribution in [0.1, 0.15) is 139 Å². The number of hydrogen-bond donors (Lipinski definition) is 8. The van der Waals surface area contributed by atoms with Crippen molar-refractivity contribution in [2.24, 2.45) is 41.4 Å². The minimum Gasteiger partial charge on any atom is -0.508 e. The van der Waals surface area contributed by atoms with Gasteiger partial charge in [0.05, 0.1) is 30.3 Å². The molecule has 4 aliphatic heterocycles. The second-order valence-electron chi connectivity index (χ2n) is 22.7. The summed E-state index contributed by atoms with van der Waals surface area (Å²) in [4.78, 5) is 82.1. The molecule has 426 valence electrons. The number of hydrazine groups is 1. The number of ether oxygens (including phenoxy) is 2. The van der Waals surface area contributed by atoms with Crippen LogP contribution in [0.3, 0.4) is 0 Å². The van der Waals surface area contributed by atoms with Crippen molar-refractivity contribution in [2.75, 3.05) is 6.54 Å². The van der Waals surface area contributed by atoms with Crippen LogP contribution in [0.15, 0.2) is 84.0 Å². The summed E-state index contributed by atoms with van der Waals surface area (Å²) in [6.07, 6.45) is 14.4. The molecule has 0 aliphatic carbocycles. The Morgan fingerprint density at radius 2 is 1.74 bits per heavy atom. The number of ketones is 1. The number of aliphatic hydroxyl groups excluding tert-OH is 3. The third kappa shape index (κ3) is 17.0. The molecule has 1 aromatic carbocycles. The molecule has 5 rings (SSSR count). The number of rotatable bonds is 15. The number of esters is 1. The molecule has 0 radical (unpaired) electrons. The lowest BCUT2D eigenvalue weighted by atomic mass is 9.75. The molecule has 0 saturated carbocycles. The number of cyclic esters (lactones) is 1. The molecule has 4 aliphatic rings. The zero-order valence-electron chi connectivity index (χ0n) is 47.1. The minimum atomic E-state index is -1.43. The van der Waals surface area contributed by atoms with Gasteiger partial charge in [-0.3, -0.25) is 29.0 Å². The Morgan fingerprint density at radius 3 is 2.43 bits per heavy atom. The van der Waals surface area contributed by atoms with Crippen LogP contribution < -0.4 is 21.4 Å². The van der Waals surface area contributed by atoms with Crippen molar-refractivity contribution in [3.8, 4) is 5.75 Å². The van der Waals surface area contributed by atoms with E-state index in [0.29, 0.717) is 37.7 Å². The summed E-state index contributed by atoms with van der Waals surface area (Å²) in [6.45, 7) is 18.7. The number of nitrogens with one attached hydrogen (secondary N) is 4. The Hall–Kier alpha value is -5.46. The summed E-state index contributed by atoms with van der Waals surface area (Å²) in [5, 5.41) is 54.7. The zero-order chi connectivity index (χ0) is 56.7. The highest BCUT2D eigenvalue weighted by Crippen LogP contribution is 2.43. The maximum absolute atomic E-state index is 14.5. The first-order valence-corrected chi connectivity index (χ1v) is 28.0.